The molecule has 1 unspecified atom stereocenters. The number of methoxy groups -OCH3 is 1. The minimum absolute atomic E-state index is 0.409. The molecule has 0 saturated heterocycles. The molecule has 4 heteroatoms. The Morgan fingerprint density at radius 3 is 2.61 bits per heavy atom. The van der Waals surface area contributed by atoms with Gasteiger partial charge < -0.3 is 14.7 Å². The fraction of sp³-hybridized carbons (Fsp3) is 0.500. The van der Waals surface area contributed by atoms with E-state index >= 15 is 0 Å². The van der Waals surface area contributed by atoms with Crippen molar-refractivity contribution in [3.8, 4) is 5.75 Å². The molecule has 0 radical (unpaired) electrons. The van der Waals surface area contributed by atoms with Crippen LogP contribution >= 0.6 is 0 Å². The number of hydrogen-bond acceptors (Lipinski definition) is 3. The molecule has 1 atom stereocenters. The fourth-order valence-electron chi connectivity index (χ4n) is 1.87. The molecule has 1 aromatic rings. The summed E-state index contributed by atoms with van der Waals surface area (Å²) in [6, 6.07) is 5.94. The minimum Gasteiger partial charge on any atom is -0.496 e. The molecule has 0 saturated carbocycles. The van der Waals surface area contributed by atoms with Gasteiger partial charge in [-0.05, 0) is 37.7 Å². The lowest BCUT2D eigenvalue weighted by atomic mass is 9.98. The molecule has 1 aromatic carbocycles. The lowest BCUT2D eigenvalue weighted by Gasteiger charge is -2.15. The number of aliphatic carboxylic acids is 1. The van der Waals surface area contributed by atoms with E-state index in [4.69, 9.17) is 9.84 Å². The summed E-state index contributed by atoms with van der Waals surface area (Å²) >= 11 is 0. The first-order valence-electron chi connectivity index (χ1n) is 5.97. The Morgan fingerprint density at radius 2 is 2.11 bits per heavy atom. The molecule has 100 valence electrons. The van der Waals surface area contributed by atoms with Crippen molar-refractivity contribution in [2.24, 2.45) is 5.92 Å². The van der Waals surface area contributed by atoms with Crippen LogP contribution in [-0.4, -0.2) is 37.2 Å². The van der Waals surface area contributed by atoms with Gasteiger partial charge in [0.25, 0.3) is 0 Å². The largest absolute Gasteiger partial charge is 0.496 e. The first-order valence-corrected chi connectivity index (χ1v) is 5.97. The van der Waals surface area contributed by atoms with E-state index in [0.717, 1.165) is 23.4 Å². The number of carboxylic acids is 1. The van der Waals surface area contributed by atoms with Gasteiger partial charge in [0.15, 0.2) is 0 Å². The van der Waals surface area contributed by atoms with Crippen LogP contribution in [0.15, 0.2) is 18.2 Å². The Bertz CT molecular complexity index is 416. The summed E-state index contributed by atoms with van der Waals surface area (Å²) in [5, 5.41) is 8.97. The first-order chi connectivity index (χ1) is 8.43. The number of nitrogens with zero attached hydrogens (tertiary/aromatic N) is 1. The van der Waals surface area contributed by atoms with Crippen molar-refractivity contribution in [3.05, 3.63) is 29.3 Å². The van der Waals surface area contributed by atoms with Crippen LogP contribution in [0.25, 0.3) is 0 Å². The maximum atomic E-state index is 10.9. The van der Waals surface area contributed by atoms with Crippen LogP contribution in [0.3, 0.4) is 0 Å². The van der Waals surface area contributed by atoms with Gasteiger partial charge in [-0.3, -0.25) is 4.79 Å². The van der Waals surface area contributed by atoms with E-state index in [1.807, 2.05) is 32.3 Å². The average molecular weight is 251 g/mol. The third-order valence-electron chi connectivity index (χ3n) is 2.79. The molecule has 0 amide bonds. The van der Waals surface area contributed by atoms with Crippen molar-refractivity contribution in [3.63, 3.8) is 0 Å². The summed E-state index contributed by atoms with van der Waals surface area (Å²) in [6.45, 7) is 2.54. The molecule has 18 heavy (non-hydrogen) atoms. The summed E-state index contributed by atoms with van der Waals surface area (Å²) in [5.41, 5.74) is 2.11. The standard InChI is InChI=1S/C14H21NO3/c1-10(14(16)17)7-12-8-11(9-15(2)3)5-6-13(12)18-4/h5-6,8,10H,7,9H2,1-4H3,(H,16,17). The van der Waals surface area contributed by atoms with Gasteiger partial charge in [0.05, 0.1) is 13.0 Å². The predicted octanol–water partition coefficient (Wildman–Crippen LogP) is 2.02. The van der Waals surface area contributed by atoms with Crippen molar-refractivity contribution in [1.29, 1.82) is 0 Å². The van der Waals surface area contributed by atoms with Crippen molar-refractivity contribution in [1.82, 2.24) is 4.90 Å². The van der Waals surface area contributed by atoms with Crippen LogP contribution in [0, 0.1) is 5.92 Å². The highest BCUT2D eigenvalue weighted by Gasteiger charge is 2.15. The molecule has 0 aliphatic heterocycles. The zero-order chi connectivity index (χ0) is 13.7. The SMILES string of the molecule is COc1ccc(CN(C)C)cc1CC(C)C(=O)O. The normalized spacial score (nSPS) is 12.5. The van der Waals surface area contributed by atoms with Crippen LogP contribution in [0.5, 0.6) is 5.75 Å². The van der Waals surface area contributed by atoms with E-state index in [9.17, 15) is 4.79 Å². The van der Waals surface area contributed by atoms with Gasteiger partial charge in [0.1, 0.15) is 5.75 Å². The number of rotatable bonds is 6. The summed E-state index contributed by atoms with van der Waals surface area (Å²) in [7, 11) is 5.61. The molecule has 0 spiro atoms. The second kappa shape index (κ2) is 6.40. The highest BCUT2D eigenvalue weighted by atomic mass is 16.5. The second-order valence-electron chi connectivity index (χ2n) is 4.83. The van der Waals surface area contributed by atoms with Gasteiger partial charge in [-0.2, -0.15) is 0 Å². The van der Waals surface area contributed by atoms with E-state index in [-0.39, 0.29) is 0 Å². The molecule has 0 aromatic heterocycles. The second-order valence-corrected chi connectivity index (χ2v) is 4.83. The summed E-state index contributed by atoms with van der Waals surface area (Å²) in [6.07, 6.45) is 0.486. The van der Waals surface area contributed by atoms with E-state index in [0.29, 0.717) is 6.42 Å². The fourth-order valence-corrected chi connectivity index (χ4v) is 1.87. The van der Waals surface area contributed by atoms with E-state index in [1.54, 1.807) is 14.0 Å². The van der Waals surface area contributed by atoms with Crippen molar-refractivity contribution in [2.75, 3.05) is 21.2 Å². The molecule has 1 N–H and O–H groups in total. The first kappa shape index (κ1) is 14.5. The number of benzene rings is 1. The third-order valence-corrected chi connectivity index (χ3v) is 2.79. The maximum absolute atomic E-state index is 10.9. The Hall–Kier alpha value is -1.55. The van der Waals surface area contributed by atoms with Gasteiger partial charge >= 0.3 is 5.97 Å². The average Bonchev–Trinajstić information content (AvgIpc) is 2.28. The molecular formula is C14H21NO3. The summed E-state index contributed by atoms with van der Waals surface area (Å²) in [4.78, 5) is 13.0. The monoisotopic (exact) mass is 251 g/mol. The molecule has 0 fully saturated rings. The van der Waals surface area contributed by atoms with E-state index in [2.05, 4.69) is 4.90 Å². The Labute approximate surface area is 108 Å². The number of carboxylic acid groups (broad SMARTS) is 1. The maximum Gasteiger partial charge on any atom is 0.306 e. The molecule has 1 rings (SSSR count). The van der Waals surface area contributed by atoms with Gasteiger partial charge in [-0.25, -0.2) is 0 Å². The Morgan fingerprint density at radius 1 is 1.44 bits per heavy atom. The van der Waals surface area contributed by atoms with Crippen molar-refractivity contribution >= 4 is 5.97 Å². The van der Waals surface area contributed by atoms with Gasteiger partial charge in [-0.15, -0.1) is 0 Å². The molecule has 0 aliphatic carbocycles. The Kier molecular flexibility index (Phi) is 5.16. The number of ether oxygens (including phenoxy) is 1. The van der Waals surface area contributed by atoms with Crippen molar-refractivity contribution in [2.45, 2.75) is 19.9 Å². The highest BCUT2D eigenvalue weighted by Crippen LogP contribution is 2.23. The third kappa shape index (κ3) is 4.04. The Balaban J connectivity index is 2.94. The van der Waals surface area contributed by atoms with Crippen LogP contribution in [0.4, 0.5) is 0 Å². The lowest BCUT2D eigenvalue weighted by molar-refractivity contribution is -0.141. The highest BCUT2D eigenvalue weighted by molar-refractivity contribution is 5.70. The zero-order valence-corrected chi connectivity index (χ0v) is 11.4. The van der Waals surface area contributed by atoms with E-state index < -0.39 is 11.9 Å². The summed E-state index contributed by atoms with van der Waals surface area (Å²) in [5.74, 6) is -0.436. The summed E-state index contributed by atoms with van der Waals surface area (Å²) < 4.78 is 5.28. The number of hydrogen-bond donors (Lipinski definition) is 1. The van der Waals surface area contributed by atoms with Crippen LogP contribution in [0.1, 0.15) is 18.1 Å². The van der Waals surface area contributed by atoms with Gasteiger partial charge in [-0.1, -0.05) is 19.1 Å². The van der Waals surface area contributed by atoms with Gasteiger partial charge in [0, 0.05) is 6.54 Å². The molecule has 0 heterocycles. The van der Waals surface area contributed by atoms with Crippen molar-refractivity contribution < 1.29 is 14.6 Å². The van der Waals surface area contributed by atoms with Crippen LogP contribution in [0.2, 0.25) is 0 Å². The lowest BCUT2D eigenvalue weighted by Crippen LogP contribution is -2.14. The predicted molar refractivity (Wildman–Crippen MR) is 70.9 cm³/mol. The van der Waals surface area contributed by atoms with Crippen LogP contribution < -0.4 is 4.74 Å². The van der Waals surface area contributed by atoms with E-state index in [1.165, 1.54) is 0 Å². The smallest absolute Gasteiger partial charge is 0.306 e. The topological polar surface area (TPSA) is 49.8 Å². The quantitative estimate of drug-likeness (QED) is 0.840. The molecule has 0 aliphatic rings. The zero-order valence-electron chi connectivity index (χ0n) is 11.4. The molecule has 0 bridgehead atoms. The number of carbonyl (C=O) groups is 1. The molecule has 4 nitrogen and oxygen atoms in total. The molecular weight excluding hydrogens is 230 g/mol. The minimum atomic E-state index is -0.782. The van der Waals surface area contributed by atoms with Gasteiger partial charge in [0.2, 0.25) is 0 Å². The van der Waals surface area contributed by atoms with Crippen LogP contribution in [-0.2, 0) is 17.8 Å².